The standard InChI is InChI=1S/C34H46N4O6S/c1-21-27-19-24(43-8)15-17-25(27)30-29(22-12-10-9-11-13-22)26-16-14-23(31(39)36-45(41,42)37(6)7)18-28(26)38(30)20-34(21,5)35-32(40)44-33(2,3)4/h14-19,21-22H,9-13,20H2,1-8H3,(H,35,40)(H,36,39). The van der Waals surface area contributed by atoms with Crippen molar-refractivity contribution in [3.63, 3.8) is 0 Å². The minimum Gasteiger partial charge on any atom is -0.497 e. The fraction of sp³-hybridized carbons (Fsp3) is 0.529. The Labute approximate surface area is 266 Å². The largest absolute Gasteiger partial charge is 0.497 e. The highest BCUT2D eigenvalue weighted by Gasteiger charge is 2.42. The number of methoxy groups -OCH3 is 1. The van der Waals surface area contributed by atoms with Crippen molar-refractivity contribution in [2.75, 3.05) is 21.2 Å². The van der Waals surface area contributed by atoms with Crippen LogP contribution in [-0.4, -0.2) is 61.6 Å². The first-order valence-electron chi connectivity index (χ1n) is 15.6. The lowest BCUT2D eigenvalue weighted by molar-refractivity contribution is 0.0438. The van der Waals surface area contributed by atoms with Crippen molar-refractivity contribution < 1.29 is 27.5 Å². The van der Waals surface area contributed by atoms with Crippen LogP contribution < -0.4 is 14.8 Å². The topological polar surface area (TPSA) is 119 Å². The Kier molecular flexibility index (Phi) is 8.74. The molecule has 0 bridgehead atoms. The third-order valence-electron chi connectivity index (χ3n) is 9.29. The van der Waals surface area contributed by atoms with Crippen LogP contribution in [0.4, 0.5) is 4.79 Å². The van der Waals surface area contributed by atoms with Crippen LogP contribution in [0.5, 0.6) is 5.75 Å². The number of carbonyl (C=O) groups excluding carboxylic acids is 2. The van der Waals surface area contributed by atoms with Crippen LogP contribution in [-0.2, 0) is 21.5 Å². The van der Waals surface area contributed by atoms with Gasteiger partial charge in [0.05, 0.1) is 18.3 Å². The molecule has 1 aliphatic carbocycles. The van der Waals surface area contributed by atoms with E-state index in [4.69, 9.17) is 9.47 Å². The zero-order chi connectivity index (χ0) is 32.9. The van der Waals surface area contributed by atoms with E-state index in [1.165, 1.54) is 26.1 Å². The van der Waals surface area contributed by atoms with E-state index in [1.54, 1.807) is 19.2 Å². The predicted molar refractivity (Wildman–Crippen MR) is 176 cm³/mol. The molecule has 2 unspecified atom stereocenters. The summed E-state index contributed by atoms with van der Waals surface area (Å²) in [6.07, 6.45) is 5.10. The van der Waals surface area contributed by atoms with Crippen molar-refractivity contribution in [3.05, 3.63) is 53.1 Å². The van der Waals surface area contributed by atoms with Gasteiger partial charge in [-0.25, -0.2) is 9.52 Å². The molecule has 2 aromatic carbocycles. The van der Waals surface area contributed by atoms with Crippen LogP contribution in [0.2, 0.25) is 0 Å². The number of rotatable bonds is 6. The molecule has 0 spiro atoms. The van der Waals surface area contributed by atoms with Gasteiger partial charge in [0.2, 0.25) is 0 Å². The predicted octanol–water partition coefficient (Wildman–Crippen LogP) is 6.30. The van der Waals surface area contributed by atoms with Gasteiger partial charge in [-0.05, 0) is 87.9 Å². The molecular formula is C34H46N4O6S. The summed E-state index contributed by atoms with van der Waals surface area (Å²) >= 11 is 0. The molecule has 0 radical (unpaired) electrons. The molecule has 2 amide bonds. The maximum atomic E-state index is 13.3. The third-order valence-corrected chi connectivity index (χ3v) is 10.7. The van der Waals surface area contributed by atoms with Gasteiger partial charge in [0.1, 0.15) is 11.4 Å². The highest BCUT2D eigenvalue weighted by molar-refractivity contribution is 7.87. The number of nitrogens with one attached hydrogen (secondary N) is 2. The van der Waals surface area contributed by atoms with Crippen LogP contribution in [0.3, 0.4) is 0 Å². The minimum atomic E-state index is -3.98. The second-order valence-corrected chi connectivity index (χ2v) is 15.7. The molecule has 10 nitrogen and oxygen atoms in total. The number of aromatic nitrogens is 1. The number of amides is 2. The van der Waals surface area contributed by atoms with E-state index in [-0.39, 0.29) is 11.5 Å². The van der Waals surface area contributed by atoms with Gasteiger partial charge in [0, 0.05) is 48.6 Å². The van der Waals surface area contributed by atoms with Gasteiger partial charge >= 0.3 is 16.3 Å². The number of nitrogens with zero attached hydrogens (tertiary/aromatic N) is 2. The van der Waals surface area contributed by atoms with Gasteiger partial charge in [0.15, 0.2) is 0 Å². The summed E-state index contributed by atoms with van der Waals surface area (Å²) in [5.74, 6) is 0.188. The lowest BCUT2D eigenvalue weighted by Gasteiger charge is -2.37. The first kappa shape index (κ1) is 32.8. The number of ether oxygens (including phenoxy) is 2. The van der Waals surface area contributed by atoms with Crippen molar-refractivity contribution >= 4 is 33.1 Å². The van der Waals surface area contributed by atoms with E-state index in [0.29, 0.717) is 12.5 Å². The summed E-state index contributed by atoms with van der Waals surface area (Å²) in [7, 11) is 0.405. The Morgan fingerprint density at radius 1 is 1.04 bits per heavy atom. The Morgan fingerprint density at radius 2 is 1.73 bits per heavy atom. The van der Waals surface area contributed by atoms with E-state index in [9.17, 15) is 18.0 Å². The van der Waals surface area contributed by atoms with Crippen molar-refractivity contribution in [1.29, 1.82) is 0 Å². The van der Waals surface area contributed by atoms with E-state index in [2.05, 4.69) is 33.7 Å². The van der Waals surface area contributed by atoms with Crippen molar-refractivity contribution in [3.8, 4) is 17.0 Å². The van der Waals surface area contributed by atoms with Crippen LogP contribution in [0, 0.1) is 0 Å². The number of alkyl carbamates (subject to hydrolysis) is 1. The summed E-state index contributed by atoms with van der Waals surface area (Å²) in [5.41, 5.74) is 3.96. The molecule has 244 valence electrons. The molecule has 1 saturated carbocycles. The van der Waals surface area contributed by atoms with Gasteiger partial charge < -0.3 is 19.4 Å². The molecule has 0 saturated heterocycles. The van der Waals surface area contributed by atoms with Crippen LogP contribution >= 0.6 is 0 Å². The number of carbonyl (C=O) groups is 2. The van der Waals surface area contributed by atoms with E-state index < -0.39 is 33.3 Å². The molecular weight excluding hydrogens is 592 g/mol. The lowest BCUT2D eigenvalue weighted by Crippen LogP contribution is -2.53. The van der Waals surface area contributed by atoms with Crippen LogP contribution in [0.1, 0.15) is 100 Å². The van der Waals surface area contributed by atoms with Crippen molar-refractivity contribution in [2.24, 2.45) is 0 Å². The third kappa shape index (κ3) is 6.42. The van der Waals surface area contributed by atoms with E-state index in [1.807, 2.05) is 39.8 Å². The van der Waals surface area contributed by atoms with Crippen molar-refractivity contribution in [1.82, 2.24) is 18.9 Å². The fourth-order valence-corrected chi connectivity index (χ4v) is 7.31. The highest BCUT2D eigenvalue weighted by Crippen LogP contribution is 2.50. The SMILES string of the molecule is COc1ccc2c(c1)C(C)C(C)(NC(=O)OC(C)(C)C)Cn1c-2c(C2CCCCC2)c2ccc(C(=O)NS(=O)(=O)N(C)C)cc21. The van der Waals surface area contributed by atoms with Gasteiger partial charge in [-0.3, -0.25) is 4.79 Å². The summed E-state index contributed by atoms with van der Waals surface area (Å²) in [5, 5.41) is 4.24. The number of hydrogen-bond donors (Lipinski definition) is 2. The molecule has 1 aliphatic heterocycles. The zero-order valence-electron chi connectivity index (χ0n) is 27.6. The van der Waals surface area contributed by atoms with E-state index in [0.717, 1.165) is 63.5 Å². The molecule has 3 aromatic rings. The first-order chi connectivity index (χ1) is 21.0. The highest BCUT2D eigenvalue weighted by atomic mass is 32.2. The van der Waals surface area contributed by atoms with Gasteiger partial charge in [-0.15, -0.1) is 0 Å². The number of hydrogen-bond acceptors (Lipinski definition) is 6. The number of benzene rings is 2. The Balaban J connectivity index is 1.77. The Hall–Kier alpha value is -3.57. The molecule has 11 heteroatoms. The Bertz CT molecular complexity index is 1730. The van der Waals surface area contributed by atoms with Crippen LogP contribution in [0.15, 0.2) is 36.4 Å². The summed E-state index contributed by atoms with van der Waals surface area (Å²) < 4.78 is 41.7. The smallest absolute Gasteiger partial charge is 0.408 e. The molecule has 1 aromatic heterocycles. The van der Waals surface area contributed by atoms with E-state index >= 15 is 0 Å². The molecule has 5 rings (SSSR count). The molecule has 2 aliphatic rings. The van der Waals surface area contributed by atoms with Gasteiger partial charge in [-0.1, -0.05) is 32.3 Å². The second kappa shape index (κ2) is 12.0. The quantitative estimate of drug-likeness (QED) is 0.327. The number of fused-ring (bicyclic) bond motifs is 5. The molecule has 2 heterocycles. The first-order valence-corrected chi connectivity index (χ1v) is 17.1. The van der Waals surface area contributed by atoms with Crippen molar-refractivity contribution in [2.45, 2.75) is 96.2 Å². The average molecular weight is 639 g/mol. The van der Waals surface area contributed by atoms with Gasteiger partial charge in [-0.2, -0.15) is 12.7 Å². The second-order valence-electron chi connectivity index (χ2n) is 13.9. The summed E-state index contributed by atoms with van der Waals surface area (Å²) in [6, 6.07) is 11.5. The lowest BCUT2D eigenvalue weighted by atomic mass is 9.78. The zero-order valence-corrected chi connectivity index (χ0v) is 28.4. The summed E-state index contributed by atoms with van der Waals surface area (Å²) in [4.78, 5) is 26.6. The van der Waals surface area contributed by atoms with Gasteiger partial charge in [0.25, 0.3) is 5.91 Å². The summed E-state index contributed by atoms with van der Waals surface area (Å²) in [6.45, 7) is 10.0. The minimum absolute atomic E-state index is 0.152. The molecule has 45 heavy (non-hydrogen) atoms. The molecule has 2 atom stereocenters. The average Bonchev–Trinajstić information content (AvgIpc) is 3.23. The maximum absolute atomic E-state index is 13.3. The molecule has 2 N–H and O–H groups in total. The monoisotopic (exact) mass is 638 g/mol. The normalized spacial score (nSPS) is 20.7. The fourth-order valence-electron chi connectivity index (χ4n) is 6.78. The Morgan fingerprint density at radius 3 is 2.36 bits per heavy atom. The maximum Gasteiger partial charge on any atom is 0.408 e. The van der Waals surface area contributed by atoms with Crippen LogP contribution in [0.25, 0.3) is 22.2 Å². The molecule has 1 fully saturated rings.